The number of pyridine rings is 1. The van der Waals surface area contributed by atoms with Gasteiger partial charge < -0.3 is 4.74 Å². The molecule has 1 aromatic heterocycles. The minimum Gasteiger partial charge on any atom is -0.464 e. The average molecular weight is 345 g/mol. The average Bonchev–Trinajstić information content (AvgIpc) is 3.14. The van der Waals surface area contributed by atoms with E-state index in [-0.39, 0.29) is 18.1 Å². The predicted octanol–water partition coefficient (Wildman–Crippen LogP) is 4.46. The molecule has 3 aromatic rings. The molecule has 0 fully saturated rings. The van der Waals surface area contributed by atoms with E-state index in [1.165, 1.54) is 12.1 Å². The van der Waals surface area contributed by atoms with Crippen LogP contribution >= 0.6 is 0 Å². The van der Waals surface area contributed by atoms with Crippen LogP contribution in [0.3, 0.4) is 0 Å². The number of hydrogen-bond donors (Lipinski definition) is 0. The molecular formula is C21H16FN3O. The summed E-state index contributed by atoms with van der Waals surface area (Å²) in [5.41, 5.74) is 4.00. The SMILES string of the molecule is Fc1ccc(C2=NN3[C@H](C2)c2ccccc2O[C@H]3c2ccncc2)cc1. The van der Waals surface area contributed by atoms with Gasteiger partial charge in [-0.25, -0.2) is 9.40 Å². The highest BCUT2D eigenvalue weighted by Gasteiger charge is 2.40. The van der Waals surface area contributed by atoms with Gasteiger partial charge in [-0.3, -0.25) is 4.98 Å². The van der Waals surface area contributed by atoms with Crippen molar-refractivity contribution in [2.75, 3.05) is 0 Å². The molecule has 0 unspecified atom stereocenters. The Bertz CT molecular complexity index is 972. The topological polar surface area (TPSA) is 37.7 Å². The van der Waals surface area contributed by atoms with E-state index in [2.05, 4.69) is 11.1 Å². The van der Waals surface area contributed by atoms with Crippen molar-refractivity contribution >= 4 is 5.71 Å². The van der Waals surface area contributed by atoms with Crippen LogP contribution in [0.4, 0.5) is 4.39 Å². The molecule has 128 valence electrons. The normalized spacial score (nSPS) is 20.8. The third kappa shape index (κ3) is 2.44. The van der Waals surface area contributed by atoms with Gasteiger partial charge >= 0.3 is 0 Å². The molecule has 0 saturated heterocycles. The molecule has 2 atom stereocenters. The zero-order chi connectivity index (χ0) is 17.5. The Hall–Kier alpha value is -3.21. The van der Waals surface area contributed by atoms with Gasteiger partial charge in [0.05, 0.1) is 11.8 Å². The molecule has 2 aromatic carbocycles. The maximum Gasteiger partial charge on any atom is 0.213 e. The van der Waals surface area contributed by atoms with Crippen molar-refractivity contribution in [3.8, 4) is 5.75 Å². The minimum atomic E-state index is -0.309. The summed E-state index contributed by atoms with van der Waals surface area (Å²) in [4.78, 5) is 4.10. The van der Waals surface area contributed by atoms with Crippen LogP contribution in [-0.2, 0) is 0 Å². The van der Waals surface area contributed by atoms with Crippen molar-refractivity contribution < 1.29 is 9.13 Å². The highest BCUT2D eigenvalue weighted by atomic mass is 19.1. The molecule has 0 N–H and O–H groups in total. The number of rotatable bonds is 2. The molecular weight excluding hydrogens is 329 g/mol. The van der Waals surface area contributed by atoms with Crippen molar-refractivity contribution in [1.82, 2.24) is 9.99 Å². The van der Waals surface area contributed by atoms with Crippen molar-refractivity contribution in [2.45, 2.75) is 18.7 Å². The van der Waals surface area contributed by atoms with Crippen LogP contribution in [0.1, 0.15) is 35.4 Å². The summed E-state index contributed by atoms with van der Waals surface area (Å²) < 4.78 is 19.5. The van der Waals surface area contributed by atoms with Gasteiger partial charge in [0.25, 0.3) is 0 Å². The number of para-hydroxylation sites is 1. The van der Waals surface area contributed by atoms with Gasteiger partial charge in [-0.2, -0.15) is 5.10 Å². The maximum absolute atomic E-state index is 13.3. The Morgan fingerprint density at radius 2 is 1.73 bits per heavy atom. The van der Waals surface area contributed by atoms with Crippen molar-refractivity contribution in [1.29, 1.82) is 0 Å². The molecule has 0 aliphatic carbocycles. The standard InChI is InChI=1S/C21H16FN3O/c22-16-7-5-14(6-8-16)18-13-19-17-3-1-2-4-20(17)26-21(25(19)24-18)15-9-11-23-12-10-15/h1-12,19,21H,13H2/t19-,21+/m1/s1. The molecule has 2 aliphatic heterocycles. The summed E-state index contributed by atoms with van der Waals surface area (Å²) in [6.45, 7) is 0. The van der Waals surface area contributed by atoms with E-state index in [9.17, 15) is 4.39 Å². The fraction of sp³-hybridized carbons (Fsp3) is 0.143. The van der Waals surface area contributed by atoms with Crippen LogP contribution in [-0.4, -0.2) is 15.7 Å². The van der Waals surface area contributed by atoms with Gasteiger partial charge in [0.2, 0.25) is 6.23 Å². The van der Waals surface area contributed by atoms with E-state index in [4.69, 9.17) is 9.84 Å². The summed E-state index contributed by atoms with van der Waals surface area (Å²) in [7, 11) is 0. The van der Waals surface area contributed by atoms with Crippen LogP contribution in [0.5, 0.6) is 5.75 Å². The molecule has 0 saturated carbocycles. The van der Waals surface area contributed by atoms with Gasteiger partial charge in [-0.1, -0.05) is 30.3 Å². The molecule has 26 heavy (non-hydrogen) atoms. The summed E-state index contributed by atoms with van der Waals surface area (Å²) in [5, 5.41) is 6.86. The summed E-state index contributed by atoms with van der Waals surface area (Å²) in [6, 6.07) is 18.6. The molecule has 0 radical (unpaired) electrons. The molecule has 0 amide bonds. The van der Waals surface area contributed by atoms with E-state index in [1.54, 1.807) is 24.5 Å². The van der Waals surface area contributed by atoms with Crippen molar-refractivity contribution in [3.63, 3.8) is 0 Å². The monoisotopic (exact) mass is 345 g/mol. The van der Waals surface area contributed by atoms with Gasteiger partial charge in [0.15, 0.2) is 0 Å². The summed E-state index contributed by atoms with van der Waals surface area (Å²) >= 11 is 0. The van der Waals surface area contributed by atoms with Gasteiger partial charge in [-0.05, 0) is 35.9 Å². The number of ether oxygens (including phenoxy) is 1. The smallest absolute Gasteiger partial charge is 0.213 e. The molecule has 0 bridgehead atoms. The first-order valence-electron chi connectivity index (χ1n) is 8.57. The lowest BCUT2D eigenvalue weighted by atomic mass is 9.96. The number of hydrogen-bond acceptors (Lipinski definition) is 4. The second-order valence-electron chi connectivity index (χ2n) is 6.44. The zero-order valence-corrected chi connectivity index (χ0v) is 13.9. The molecule has 5 rings (SSSR count). The number of fused-ring (bicyclic) bond motifs is 3. The van der Waals surface area contributed by atoms with E-state index >= 15 is 0 Å². The van der Waals surface area contributed by atoms with Gasteiger partial charge in [0, 0.05) is 29.9 Å². The Morgan fingerprint density at radius 3 is 2.54 bits per heavy atom. The first kappa shape index (κ1) is 15.1. The summed E-state index contributed by atoms with van der Waals surface area (Å²) in [5.74, 6) is 0.638. The first-order chi connectivity index (χ1) is 12.8. The van der Waals surface area contributed by atoms with Crippen LogP contribution in [0.15, 0.2) is 78.2 Å². The Morgan fingerprint density at radius 1 is 0.962 bits per heavy atom. The number of benzene rings is 2. The number of hydrazone groups is 1. The quantitative estimate of drug-likeness (QED) is 0.688. The number of nitrogens with zero attached hydrogens (tertiary/aromatic N) is 3. The summed E-state index contributed by atoms with van der Waals surface area (Å²) in [6.07, 6.45) is 3.97. The Balaban J connectivity index is 1.59. The lowest BCUT2D eigenvalue weighted by Gasteiger charge is -2.38. The zero-order valence-electron chi connectivity index (χ0n) is 13.9. The highest BCUT2D eigenvalue weighted by molar-refractivity contribution is 6.01. The van der Waals surface area contributed by atoms with Crippen LogP contribution < -0.4 is 4.74 Å². The number of aromatic nitrogens is 1. The largest absolute Gasteiger partial charge is 0.464 e. The van der Waals surface area contributed by atoms with E-state index in [1.807, 2.05) is 35.3 Å². The molecule has 2 aliphatic rings. The maximum atomic E-state index is 13.3. The van der Waals surface area contributed by atoms with Crippen LogP contribution in [0, 0.1) is 5.82 Å². The van der Waals surface area contributed by atoms with Gasteiger partial charge in [-0.15, -0.1) is 0 Å². The molecule has 3 heterocycles. The second-order valence-corrected chi connectivity index (χ2v) is 6.44. The van der Waals surface area contributed by atoms with E-state index in [0.29, 0.717) is 0 Å². The molecule has 4 nitrogen and oxygen atoms in total. The molecule has 0 spiro atoms. The third-order valence-electron chi connectivity index (χ3n) is 4.87. The van der Waals surface area contributed by atoms with E-state index < -0.39 is 0 Å². The Labute approximate surface area is 150 Å². The fourth-order valence-electron chi connectivity index (χ4n) is 3.60. The lowest BCUT2D eigenvalue weighted by Crippen LogP contribution is -2.33. The van der Waals surface area contributed by atoms with Crippen molar-refractivity contribution in [3.05, 3.63) is 95.6 Å². The third-order valence-corrected chi connectivity index (χ3v) is 4.87. The van der Waals surface area contributed by atoms with Crippen LogP contribution in [0.25, 0.3) is 0 Å². The van der Waals surface area contributed by atoms with Crippen LogP contribution in [0.2, 0.25) is 0 Å². The van der Waals surface area contributed by atoms with Crippen molar-refractivity contribution in [2.24, 2.45) is 5.10 Å². The van der Waals surface area contributed by atoms with E-state index in [0.717, 1.165) is 34.6 Å². The highest BCUT2D eigenvalue weighted by Crippen LogP contribution is 2.47. The van der Waals surface area contributed by atoms with Gasteiger partial charge in [0.1, 0.15) is 11.6 Å². The predicted molar refractivity (Wildman–Crippen MR) is 96.2 cm³/mol. The first-order valence-corrected chi connectivity index (χ1v) is 8.57. The minimum absolute atomic E-state index is 0.0955. The second kappa shape index (κ2) is 5.95. The lowest BCUT2D eigenvalue weighted by molar-refractivity contribution is -0.0190. The fourth-order valence-corrected chi connectivity index (χ4v) is 3.60. The Kier molecular flexibility index (Phi) is 3.45. The number of halogens is 1. The molecule has 5 heteroatoms.